The zero-order chi connectivity index (χ0) is 17.7. The standard InChI is InChI=1S/C18H23FN2O2S/c1-3-21(4-2)16-9-5-14(6-10-16)18(13-20)24(22,23)17-11-7-15(19)8-12-17/h5-12,18H,3-4,13,20H2,1-2H3. The molecule has 0 aliphatic carbocycles. The van der Waals surface area contributed by atoms with Crippen LogP contribution in [0.25, 0.3) is 0 Å². The topological polar surface area (TPSA) is 63.4 Å². The fourth-order valence-corrected chi connectivity index (χ4v) is 4.33. The van der Waals surface area contributed by atoms with Gasteiger partial charge in [0.15, 0.2) is 9.84 Å². The molecule has 0 fully saturated rings. The second kappa shape index (κ2) is 7.77. The van der Waals surface area contributed by atoms with Gasteiger partial charge < -0.3 is 10.6 Å². The van der Waals surface area contributed by atoms with Crippen LogP contribution in [-0.4, -0.2) is 28.1 Å². The third-order valence-electron chi connectivity index (χ3n) is 4.12. The number of anilines is 1. The van der Waals surface area contributed by atoms with Crippen molar-refractivity contribution in [3.63, 3.8) is 0 Å². The summed E-state index contributed by atoms with van der Waals surface area (Å²) in [5.41, 5.74) is 7.42. The van der Waals surface area contributed by atoms with E-state index in [1.165, 1.54) is 12.1 Å². The molecule has 4 nitrogen and oxygen atoms in total. The lowest BCUT2D eigenvalue weighted by atomic mass is 10.1. The highest BCUT2D eigenvalue weighted by Crippen LogP contribution is 2.29. The van der Waals surface area contributed by atoms with Gasteiger partial charge in [-0.1, -0.05) is 12.1 Å². The summed E-state index contributed by atoms with van der Waals surface area (Å²) in [6.45, 7) is 5.86. The summed E-state index contributed by atoms with van der Waals surface area (Å²) in [5, 5.41) is -0.853. The minimum absolute atomic E-state index is 0.0374. The summed E-state index contributed by atoms with van der Waals surface area (Å²) in [7, 11) is -3.67. The number of hydrogen-bond acceptors (Lipinski definition) is 4. The van der Waals surface area contributed by atoms with Crippen LogP contribution < -0.4 is 10.6 Å². The van der Waals surface area contributed by atoms with Gasteiger partial charge in [-0.05, 0) is 55.8 Å². The normalized spacial score (nSPS) is 12.8. The van der Waals surface area contributed by atoms with E-state index in [1.54, 1.807) is 12.1 Å². The fourth-order valence-electron chi connectivity index (χ4n) is 2.72. The first-order valence-electron chi connectivity index (χ1n) is 7.98. The molecule has 0 aliphatic heterocycles. The molecule has 2 aromatic carbocycles. The average molecular weight is 350 g/mol. The van der Waals surface area contributed by atoms with Gasteiger partial charge in [0.2, 0.25) is 0 Å². The second-order valence-electron chi connectivity index (χ2n) is 5.49. The molecule has 0 amide bonds. The number of benzene rings is 2. The molecule has 0 saturated carbocycles. The number of halogens is 1. The number of sulfone groups is 1. The first kappa shape index (κ1) is 18.4. The van der Waals surface area contributed by atoms with E-state index in [0.29, 0.717) is 5.56 Å². The van der Waals surface area contributed by atoms with Crippen LogP contribution in [0.15, 0.2) is 53.4 Å². The zero-order valence-electron chi connectivity index (χ0n) is 13.9. The van der Waals surface area contributed by atoms with Crippen molar-refractivity contribution >= 4 is 15.5 Å². The van der Waals surface area contributed by atoms with Crippen molar-refractivity contribution in [2.75, 3.05) is 24.5 Å². The molecule has 0 saturated heterocycles. The van der Waals surface area contributed by atoms with Crippen LogP contribution in [0.1, 0.15) is 24.7 Å². The van der Waals surface area contributed by atoms with Crippen molar-refractivity contribution in [1.29, 1.82) is 0 Å². The number of nitrogens with two attached hydrogens (primary N) is 1. The Morgan fingerprint density at radius 3 is 2.00 bits per heavy atom. The van der Waals surface area contributed by atoms with Crippen LogP contribution >= 0.6 is 0 Å². The van der Waals surface area contributed by atoms with Crippen LogP contribution in [-0.2, 0) is 9.84 Å². The van der Waals surface area contributed by atoms with Crippen LogP contribution in [0.2, 0.25) is 0 Å². The summed E-state index contributed by atoms with van der Waals surface area (Å²) >= 11 is 0. The minimum atomic E-state index is -3.67. The van der Waals surface area contributed by atoms with Crippen molar-refractivity contribution in [2.24, 2.45) is 5.73 Å². The third-order valence-corrected chi connectivity index (χ3v) is 6.27. The van der Waals surface area contributed by atoms with Gasteiger partial charge in [0.1, 0.15) is 11.1 Å². The molecule has 2 rings (SSSR count). The van der Waals surface area contributed by atoms with Crippen LogP contribution in [0.4, 0.5) is 10.1 Å². The lowest BCUT2D eigenvalue weighted by Crippen LogP contribution is -2.23. The first-order valence-corrected chi connectivity index (χ1v) is 9.53. The van der Waals surface area contributed by atoms with Gasteiger partial charge in [-0.3, -0.25) is 0 Å². The molecule has 2 N–H and O–H groups in total. The fraction of sp³-hybridized carbons (Fsp3) is 0.333. The Bertz CT molecular complexity index is 755. The molecule has 0 heterocycles. The number of hydrogen-bond donors (Lipinski definition) is 1. The van der Waals surface area contributed by atoms with E-state index in [9.17, 15) is 12.8 Å². The molecule has 0 spiro atoms. The average Bonchev–Trinajstić information content (AvgIpc) is 2.58. The van der Waals surface area contributed by atoms with Crippen molar-refractivity contribution in [1.82, 2.24) is 0 Å². The molecule has 2 aromatic rings. The van der Waals surface area contributed by atoms with Gasteiger partial charge in [0, 0.05) is 25.3 Å². The van der Waals surface area contributed by atoms with E-state index in [4.69, 9.17) is 5.73 Å². The van der Waals surface area contributed by atoms with E-state index in [1.807, 2.05) is 12.1 Å². The van der Waals surface area contributed by atoms with E-state index in [-0.39, 0.29) is 11.4 Å². The summed E-state index contributed by atoms with van der Waals surface area (Å²) in [4.78, 5) is 2.25. The quantitative estimate of drug-likeness (QED) is 0.779. The van der Waals surface area contributed by atoms with Gasteiger partial charge in [-0.2, -0.15) is 0 Å². The van der Waals surface area contributed by atoms with Crippen molar-refractivity contribution in [2.45, 2.75) is 24.0 Å². The maximum absolute atomic E-state index is 13.0. The molecule has 0 bridgehead atoms. The molecular weight excluding hydrogens is 327 g/mol. The van der Waals surface area contributed by atoms with Gasteiger partial charge >= 0.3 is 0 Å². The maximum atomic E-state index is 13.0. The Labute approximate surface area is 143 Å². The summed E-state index contributed by atoms with van der Waals surface area (Å²) in [6, 6.07) is 12.2. The highest BCUT2D eigenvalue weighted by atomic mass is 32.2. The zero-order valence-corrected chi connectivity index (χ0v) is 14.8. The molecular formula is C18H23FN2O2S. The van der Waals surface area contributed by atoms with Gasteiger partial charge in [-0.15, -0.1) is 0 Å². The Morgan fingerprint density at radius 1 is 1.00 bits per heavy atom. The lowest BCUT2D eigenvalue weighted by molar-refractivity contribution is 0.581. The molecule has 0 radical (unpaired) electrons. The summed E-state index contributed by atoms with van der Waals surface area (Å²) < 4.78 is 38.6. The Hall–Kier alpha value is -1.92. The number of rotatable bonds is 7. The van der Waals surface area contributed by atoms with Crippen molar-refractivity contribution in [3.05, 3.63) is 59.9 Å². The summed E-state index contributed by atoms with van der Waals surface area (Å²) in [5.74, 6) is -0.471. The second-order valence-corrected chi connectivity index (χ2v) is 7.62. The molecule has 24 heavy (non-hydrogen) atoms. The predicted octanol–water partition coefficient (Wildman–Crippen LogP) is 3.15. The smallest absolute Gasteiger partial charge is 0.186 e. The van der Waals surface area contributed by atoms with Crippen LogP contribution in [0.5, 0.6) is 0 Å². The minimum Gasteiger partial charge on any atom is -0.372 e. The SMILES string of the molecule is CCN(CC)c1ccc(C(CN)S(=O)(=O)c2ccc(F)cc2)cc1. The van der Waals surface area contributed by atoms with Crippen LogP contribution in [0.3, 0.4) is 0 Å². The van der Waals surface area contributed by atoms with E-state index < -0.39 is 20.9 Å². The van der Waals surface area contributed by atoms with Gasteiger partial charge in [-0.25, -0.2) is 12.8 Å². The molecule has 6 heteroatoms. The number of nitrogens with zero attached hydrogens (tertiary/aromatic N) is 1. The molecule has 0 aliphatic rings. The molecule has 0 aromatic heterocycles. The molecule has 130 valence electrons. The van der Waals surface area contributed by atoms with E-state index in [2.05, 4.69) is 18.7 Å². The van der Waals surface area contributed by atoms with Crippen molar-refractivity contribution in [3.8, 4) is 0 Å². The first-order chi connectivity index (χ1) is 11.4. The third kappa shape index (κ3) is 3.76. The summed E-state index contributed by atoms with van der Waals surface area (Å²) in [6.07, 6.45) is 0. The Balaban J connectivity index is 2.35. The molecule has 1 unspecified atom stereocenters. The van der Waals surface area contributed by atoms with E-state index in [0.717, 1.165) is 30.9 Å². The van der Waals surface area contributed by atoms with Gasteiger partial charge in [0.25, 0.3) is 0 Å². The Kier molecular flexibility index (Phi) is 5.96. The van der Waals surface area contributed by atoms with Crippen LogP contribution in [0, 0.1) is 5.82 Å². The van der Waals surface area contributed by atoms with Crippen molar-refractivity contribution < 1.29 is 12.8 Å². The largest absolute Gasteiger partial charge is 0.372 e. The Morgan fingerprint density at radius 2 is 1.54 bits per heavy atom. The predicted molar refractivity (Wildman–Crippen MR) is 95.4 cm³/mol. The maximum Gasteiger partial charge on any atom is 0.186 e. The molecule has 1 atom stereocenters. The van der Waals surface area contributed by atoms with Gasteiger partial charge in [0.05, 0.1) is 4.90 Å². The highest BCUT2D eigenvalue weighted by molar-refractivity contribution is 7.91. The van der Waals surface area contributed by atoms with E-state index >= 15 is 0 Å². The highest BCUT2D eigenvalue weighted by Gasteiger charge is 2.28. The lowest BCUT2D eigenvalue weighted by Gasteiger charge is -2.22. The monoisotopic (exact) mass is 350 g/mol.